The van der Waals surface area contributed by atoms with Crippen LogP contribution < -0.4 is 10.6 Å². The van der Waals surface area contributed by atoms with Gasteiger partial charge in [0.05, 0.1) is 15.6 Å². The lowest BCUT2D eigenvalue weighted by atomic mass is 10.1. The van der Waals surface area contributed by atoms with Crippen molar-refractivity contribution in [2.45, 2.75) is 26.8 Å². The van der Waals surface area contributed by atoms with Crippen LogP contribution in [0.15, 0.2) is 36.4 Å². The first-order valence-electron chi connectivity index (χ1n) is 7.37. The maximum absolute atomic E-state index is 12.3. The third kappa shape index (κ3) is 4.02. The molecular formula is C17H18ClN3O3. The van der Waals surface area contributed by atoms with E-state index in [1.54, 1.807) is 6.92 Å². The number of hydrogen-bond donors (Lipinski definition) is 2. The number of amides is 1. The highest BCUT2D eigenvalue weighted by Crippen LogP contribution is 2.27. The second-order valence-corrected chi connectivity index (χ2v) is 5.93. The van der Waals surface area contributed by atoms with Crippen LogP contribution in [0.4, 0.5) is 17.1 Å². The molecule has 1 amide bonds. The van der Waals surface area contributed by atoms with E-state index in [-0.39, 0.29) is 22.3 Å². The molecule has 0 aliphatic rings. The Bertz CT molecular complexity index is 793. The second-order valence-electron chi connectivity index (χ2n) is 5.52. The van der Waals surface area contributed by atoms with E-state index in [0.717, 1.165) is 16.8 Å². The Morgan fingerprint density at radius 2 is 1.92 bits per heavy atom. The molecule has 7 heteroatoms. The van der Waals surface area contributed by atoms with Crippen molar-refractivity contribution in [3.8, 4) is 0 Å². The van der Waals surface area contributed by atoms with E-state index in [1.807, 2.05) is 32.0 Å². The van der Waals surface area contributed by atoms with Crippen LogP contribution in [0.2, 0.25) is 5.02 Å². The summed E-state index contributed by atoms with van der Waals surface area (Å²) in [4.78, 5) is 22.6. The van der Waals surface area contributed by atoms with E-state index in [0.29, 0.717) is 0 Å². The molecule has 2 N–H and O–H groups in total. The Morgan fingerprint density at radius 1 is 1.21 bits per heavy atom. The average molecular weight is 348 g/mol. The molecule has 24 heavy (non-hydrogen) atoms. The molecule has 126 valence electrons. The number of carbonyl (C=O) groups excluding carboxylic acids is 1. The molecule has 6 nitrogen and oxygen atoms in total. The molecule has 0 spiro atoms. The maximum Gasteiger partial charge on any atom is 0.271 e. The summed E-state index contributed by atoms with van der Waals surface area (Å²) >= 11 is 6.00. The minimum absolute atomic E-state index is 0.134. The van der Waals surface area contributed by atoms with Crippen LogP contribution in [0.25, 0.3) is 0 Å². The van der Waals surface area contributed by atoms with Gasteiger partial charge in [0.25, 0.3) is 5.69 Å². The van der Waals surface area contributed by atoms with E-state index in [9.17, 15) is 14.9 Å². The minimum Gasteiger partial charge on any atom is -0.374 e. The standard InChI is InChI=1S/C17H18ClN3O3/c1-10-5-4-6-15(11(10)2)19-12(3)17(22)20-16-9-13(21(23)24)7-8-14(16)18/h4-9,12,19H,1-3H3,(H,20,22). The van der Waals surface area contributed by atoms with Crippen molar-refractivity contribution in [2.75, 3.05) is 10.6 Å². The smallest absolute Gasteiger partial charge is 0.271 e. The van der Waals surface area contributed by atoms with Crippen LogP contribution in [-0.2, 0) is 4.79 Å². The Balaban J connectivity index is 2.13. The number of halogens is 1. The number of anilines is 2. The predicted molar refractivity (Wildman–Crippen MR) is 95.7 cm³/mol. The lowest BCUT2D eigenvalue weighted by Crippen LogP contribution is -2.32. The summed E-state index contributed by atoms with van der Waals surface area (Å²) in [6.07, 6.45) is 0. The quantitative estimate of drug-likeness (QED) is 0.623. The number of non-ortho nitro benzene ring substituents is 1. The van der Waals surface area contributed by atoms with Gasteiger partial charge in [-0.1, -0.05) is 23.7 Å². The van der Waals surface area contributed by atoms with Crippen molar-refractivity contribution < 1.29 is 9.72 Å². The van der Waals surface area contributed by atoms with E-state index in [1.165, 1.54) is 18.2 Å². The Kier molecular flexibility index (Phi) is 5.41. The molecule has 0 saturated heterocycles. The number of benzene rings is 2. The van der Waals surface area contributed by atoms with Crippen molar-refractivity contribution in [2.24, 2.45) is 0 Å². The molecular weight excluding hydrogens is 330 g/mol. The van der Waals surface area contributed by atoms with E-state index >= 15 is 0 Å². The van der Waals surface area contributed by atoms with Crippen molar-refractivity contribution in [1.29, 1.82) is 0 Å². The second kappa shape index (κ2) is 7.31. The summed E-state index contributed by atoms with van der Waals surface area (Å²) in [6, 6.07) is 9.17. The molecule has 0 bridgehead atoms. The van der Waals surface area contributed by atoms with Gasteiger partial charge in [0.1, 0.15) is 6.04 Å². The van der Waals surface area contributed by atoms with Gasteiger partial charge < -0.3 is 10.6 Å². The van der Waals surface area contributed by atoms with Gasteiger partial charge in [-0.2, -0.15) is 0 Å². The van der Waals surface area contributed by atoms with Crippen molar-refractivity contribution in [3.63, 3.8) is 0 Å². The first kappa shape index (κ1) is 17.7. The average Bonchev–Trinajstić information content (AvgIpc) is 2.53. The van der Waals surface area contributed by atoms with Crippen molar-refractivity contribution in [1.82, 2.24) is 0 Å². The third-order valence-corrected chi connectivity index (χ3v) is 4.12. The molecule has 1 atom stereocenters. The third-order valence-electron chi connectivity index (χ3n) is 3.79. The molecule has 0 aliphatic carbocycles. The van der Waals surface area contributed by atoms with Gasteiger partial charge in [0.2, 0.25) is 5.91 Å². The van der Waals surface area contributed by atoms with Crippen LogP contribution in [0.3, 0.4) is 0 Å². The fourth-order valence-corrected chi connectivity index (χ4v) is 2.33. The van der Waals surface area contributed by atoms with Gasteiger partial charge in [0, 0.05) is 17.8 Å². The first-order chi connectivity index (χ1) is 11.3. The summed E-state index contributed by atoms with van der Waals surface area (Å²) in [5.41, 5.74) is 3.12. The SMILES string of the molecule is Cc1cccc(NC(C)C(=O)Nc2cc([N+](=O)[O-])ccc2Cl)c1C. The predicted octanol–water partition coefficient (Wildman–Crippen LogP) is 4.30. The Morgan fingerprint density at radius 3 is 2.58 bits per heavy atom. The van der Waals surface area contributed by atoms with Gasteiger partial charge in [-0.25, -0.2) is 0 Å². The first-order valence-corrected chi connectivity index (χ1v) is 7.75. The fraction of sp³-hybridized carbons (Fsp3) is 0.235. The van der Waals surface area contributed by atoms with Crippen LogP contribution in [0, 0.1) is 24.0 Å². The number of aryl methyl sites for hydroxylation is 1. The Labute approximate surface area is 145 Å². The summed E-state index contributed by atoms with van der Waals surface area (Å²) in [7, 11) is 0. The monoisotopic (exact) mass is 347 g/mol. The van der Waals surface area contributed by atoms with Crippen LogP contribution in [0.1, 0.15) is 18.1 Å². The zero-order valence-electron chi connectivity index (χ0n) is 13.6. The van der Waals surface area contributed by atoms with Crippen LogP contribution >= 0.6 is 11.6 Å². The van der Waals surface area contributed by atoms with E-state index < -0.39 is 11.0 Å². The molecule has 2 rings (SSSR count). The molecule has 0 radical (unpaired) electrons. The number of nitrogens with one attached hydrogen (secondary N) is 2. The number of nitro benzene ring substituents is 1. The number of nitro groups is 1. The molecule has 0 saturated carbocycles. The fourth-order valence-electron chi connectivity index (χ4n) is 2.17. The highest BCUT2D eigenvalue weighted by molar-refractivity contribution is 6.33. The molecule has 0 aliphatic heterocycles. The molecule has 0 aromatic heterocycles. The van der Waals surface area contributed by atoms with E-state index in [2.05, 4.69) is 10.6 Å². The summed E-state index contributed by atoms with van der Waals surface area (Å²) in [6.45, 7) is 5.68. The molecule has 0 heterocycles. The van der Waals surface area contributed by atoms with Gasteiger partial charge >= 0.3 is 0 Å². The normalized spacial score (nSPS) is 11.7. The number of carbonyl (C=O) groups is 1. The molecule has 0 fully saturated rings. The zero-order chi connectivity index (χ0) is 17.9. The van der Waals surface area contributed by atoms with E-state index in [4.69, 9.17) is 11.6 Å². The van der Waals surface area contributed by atoms with Gasteiger partial charge in [-0.15, -0.1) is 0 Å². The topological polar surface area (TPSA) is 84.3 Å². The number of rotatable bonds is 5. The lowest BCUT2D eigenvalue weighted by Gasteiger charge is -2.18. The highest BCUT2D eigenvalue weighted by atomic mass is 35.5. The minimum atomic E-state index is -0.541. The number of hydrogen-bond acceptors (Lipinski definition) is 4. The lowest BCUT2D eigenvalue weighted by molar-refractivity contribution is -0.384. The summed E-state index contributed by atoms with van der Waals surface area (Å²) in [5.74, 6) is -0.335. The molecule has 2 aromatic carbocycles. The summed E-state index contributed by atoms with van der Waals surface area (Å²) in [5, 5.41) is 16.8. The largest absolute Gasteiger partial charge is 0.374 e. The van der Waals surface area contributed by atoms with Crippen molar-refractivity contribution >= 4 is 34.6 Å². The van der Waals surface area contributed by atoms with Gasteiger partial charge in [-0.3, -0.25) is 14.9 Å². The Hall–Kier alpha value is -2.60. The van der Waals surface area contributed by atoms with Crippen molar-refractivity contribution in [3.05, 3.63) is 62.7 Å². The zero-order valence-corrected chi connectivity index (χ0v) is 14.3. The number of nitrogens with zero attached hydrogens (tertiary/aromatic N) is 1. The summed E-state index contributed by atoms with van der Waals surface area (Å²) < 4.78 is 0. The molecule has 1 unspecified atom stereocenters. The van der Waals surface area contributed by atoms with Gasteiger partial charge in [-0.05, 0) is 44.0 Å². The highest BCUT2D eigenvalue weighted by Gasteiger charge is 2.17. The molecule has 2 aromatic rings. The van der Waals surface area contributed by atoms with Crippen LogP contribution in [0.5, 0.6) is 0 Å². The maximum atomic E-state index is 12.3. The van der Waals surface area contributed by atoms with Crippen LogP contribution in [-0.4, -0.2) is 16.9 Å². The van der Waals surface area contributed by atoms with Gasteiger partial charge in [0.15, 0.2) is 0 Å².